The number of benzene rings is 2. The Morgan fingerprint density at radius 2 is 1.48 bits per heavy atom. The molecule has 2 fully saturated rings. The van der Waals surface area contributed by atoms with Crippen molar-refractivity contribution < 1.29 is 42.1 Å². The molecular weight excluding hydrogens is 529 g/mol. The average molecular weight is 567 g/mol. The molecule has 0 aromatic heterocycles. The molecule has 11 heteroatoms. The van der Waals surface area contributed by atoms with Crippen molar-refractivity contribution in [3.05, 3.63) is 53.6 Å². The molecule has 1 spiro atoms. The number of likely N-dealkylation sites (tertiary alicyclic amines) is 2. The van der Waals surface area contributed by atoms with Crippen LogP contribution in [0.5, 0.6) is 17.2 Å². The maximum absolute atomic E-state index is 13.1. The van der Waals surface area contributed by atoms with Gasteiger partial charge in [0.25, 0.3) is 5.91 Å². The number of carbonyl (C=O) groups excluding carboxylic acids is 1. The Morgan fingerprint density at radius 3 is 2.02 bits per heavy atom. The highest BCUT2D eigenvalue weighted by molar-refractivity contribution is 5.95. The van der Waals surface area contributed by atoms with E-state index in [1.807, 2.05) is 24.0 Å². The van der Waals surface area contributed by atoms with Crippen LogP contribution in [0.25, 0.3) is 0 Å². The summed E-state index contributed by atoms with van der Waals surface area (Å²) in [6.07, 6.45) is -0.533. The lowest BCUT2D eigenvalue weighted by molar-refractivity contribution is -0.192. The Bertz CT molecular complexity index is 1140. The van der Waals surface area contributed by atoms with Crippen LogP contribution in [-0.2, 0) is 11.3 Å². The van der Waals surface area contributed by atoms with E-state index in [2.05, 4.69) is 23.1 Å². The number of hydrogen-bond donors (Lipinski definition) is 1. The molecule has 0 radical (unpaired) electrons. The highest BCUT2D eigenvalue weighted by Crippen LogP contribution is 2.42. The van der Waals surface area contributed by atoms with E-state index < -0.39 is 12.1 Å². The number of alkyl halides is 3. The molecule has 2 aliphatic heterocycles. The summed E-state index contributed by atoms with van der Waals surface area (Å²) in [5.74, 6) is -0.442. The number of carbonyl (C=O) groups is 2. The molecule has 0 bridgehead atoms. The second kappa shape index (κ2) is 13.7. The molecule has 2 heterocycles. The van der Waals surface area contributed by atoms with Crippen molar-refractivity contribution in [2.45, 2.75) is 45.3 Å². The molecule has 40 heavy (non-hydrogen) atoms. The zero-order valence-corrected chi connectivity index (χ0v) is 23.1. The Kier molecular flexibility index (Phi) is 10.7. The summed E-state index contributed by atoms with van der Waals surface area (Å²) >= 11 is 0. The summed E-state index contributed by atoms with van der Waals surface area (Å²) in [7, 11) is 3.20. The third kappa shape index (κ3) is 8.03. The van der Waals surface area contributed by atoms with Gasteiger partial charge in [0.05, 0.1) is 20.8 Å². The van der Waals surface area contributed by atoms with Gasteiger partial charge in [-0.2, -0.15) is 13.2 Å². The van der Waals surface area contributed by atoms with Crippen LogP contribution in [0.3, 0.4) is 0 Å². The lowest BCUT2D eigenvalue weighted by atomic mass is 9.71. The third-order valence-electron chi connectivity index (χ3n) is 7.57. The number of piperidine rings is 2. The predicted octanol–water partition coefficient (Wildman–Crippen LogP) is 5.25. The predicted molar refractivity (Wildman–Crippen MR) is 143 cm³/mol. The highest BCUT2D eigenvalue weighted by Gasteiger charge is 2.39. The summed E-state index contributed by atoms with van der Waals surface area (Å²) in [5.41, 5.74) is 2.29. The van der Waals surface area contributed by atoms with Gasteiger partial charge in [0.2, 0.25) is 0 Å². The van der Waals surface area contributed by atoms with Crippen LogP contribution in [0.2, 0.25) is 0 Å². The Balaban J connectivity index is 0.000000559. The van der Waals surface area contributed by atoms with E-state index in [0.717, 1.165) is 51.3 Å². The molecule has 2 saturated heterocycles. The van der Waals surface area contributed by atoms with Crippen LogP contribution in [0, 0.1) is 5.41 Å². The fourth-order valence-corrected chi connectivity index (χ4v) is 5.19. The Hall–Kier alpha value is -3.47. The number of para-hydroxylation sites is 1. The van der Waals surface area contributed by atoms with E-state index >= 15 is 0 Å². The van der Waals surface area contributed by atoms with Gasteiger partial charge in [0.1, 0.15) is 5.75 Å². The number of nitrogens with zero attached hydrogens (tertiary/aromatic N) is 2. The Morgan fingerprint density at radius 1 is 0.900 bits per heavy atom. The van der Waals surface area contributed by atoms with Crippen molar-refractivity contribution in [1.82, 2.24) is 9.80 Å². The Labute approximate surface area is 232 Å². The molecule has 0 saturated carbocycles. The summed E-state index contributed by atoms with van der Waals surface area (Å²) in [5, 5.41) is 7.12. The molecule has 2 aromatic carbocycles. The second-order valence-electron chi connectivity index (χ2n) is 9.98. The van der Waals surface area contributed by atoms with E-state index in [9.17, 15) is 18.0 Å². The molecule has 0 aliphatic carbocycles. The average Bonchev–Trinajstić information content (AvgIpc) is 2.95. The zero-order valence-electron chi connectivity index (χ0n) is 23.1. The molecule has 2 aliphatic rings. The monoisotopic (exact) mass is 566 g/mol. The summed E-state index contributed by atoms with van der Waals surface area (Å²) in [6, 6.07) is 13.8. The number of carboxylic acid groups (broad SMARTS) is 1. The maximum Gasteiger partial charge on any atom is 0.490 e. The highest BCUT2D eigenvalue weighted by atomic mass is 19.4. The first-order valence-corrected chi connectivity index (χ1v) is 13.3. The molecule has 220 valence electrons. The van der Waals surface area contributed by atoms with Crippen molar-refractivity contribution in [3.8, 4) is 17.2 Å². The molecule has 8 nitrogen and oxygen atoms in total. The quantitative estimate of drug-likeness (QED) is 0.490. The van der Waals surface area contributed by atoms with Crippen molar-refractivity contribution >= 4 is 11.9 Å². The van der Waals surface area contributed by atoms with Gasteiger partial charge >= 0.3 is 12.1 Å². The lowest BCUT2D eigenvalue weighted by Gasteiger charge is -2.47. The molecular formula is C29H37F3N2O6. The fourth-order valence-electron chi connectivity index (χ4n) is 5.19. The zero-order chi connectivity index (χ0) is 29.3. The first-order valence-electron chi connectivity index (χ1n) is 13.3. The lowest BCUT2D eigenvalue weighted by Crippen LogP contribution is -2.48. The van der Waals surface area contributed by atoms with Gasteiger partial charge in [-0.25, -0.2) is 4.79 Å². The summed E-state index contributed by atoms with van der Waals surface area (Å²) in [6.45, 7) is 7.51. The second-order valence-corrected chi connectivity index (χ2v) is 9.98. The van der Waals surface area contributed by atoms with Gasteiger partial charge in [0.15, 0.2) is 11.5 Å². The van der Waals surface area contributed by atoms with E-state index in [1.54, 1.807) is 26.4 Å². The normalized spacial score (nSPS) is 17.0. The van der Waals surface area contributed by atoms with Gasteiger partial charge in [-0.05, 0) is 75.4 Å². The van der Waals surface area contributed by atoms with Gasteiger partial charge < -0.3 is 24.2 Å². The number of carboxylic acids is 1. The van der Waals surface area contributed by atoms with Gasteiger partial charge in [0, 0.05) is 30.8 Å². The molecule has 1 N–H and O–H groups in total. The maximum atomic E-state index is 13.1. The number of ether oxygens (including phenoxy) is 3. The minimum atomic E-state index is -5.08. The van der Waals surface area contributed by atoms with Gasteiger partial charge in [-0.3, -0.25) is 9.69 Å². The number of halogens is 3. The summed E-state index contributed by atoms with van der Waals surface area (Å²) in [4.78, 5) is 26.5. The van der Waals surface area contributed by atoms with Crippen LogP contribution in [0.1, 0.15) is 48.5 Å². The molecule has 2 aromatic rings. The van der Waals surface area contributed by atoms with Crippen molar-refractivity contribution in [3.63, 3.8) is 0 Å². The van der Waals surface area contributed by atoms with Crippen LogP contribution < -0.4 is 14.2 Å². The van der Waals surface area contributed by atoms with Gasteiger partial charge in [-0.1, -0.05) is 18.2 Å². The summed E-state index contributed by atoms with van der Waals surface area (Å²) < 4.78 is 48.2. The van der Waals surface area contributed by atoms with Gasteiger partial charge in [-0.15, -0.1) is 0 Å². The molecule has 4 rings (SSSR count). The van der Waals surface area contributed by atoms with E-state index in [1.165, 1.54) is 18.4 Å². The minimum Gasteiger partial charge on any atom is -0.494 e. The van der Waals surface area contributed by atoms with Crippen LogP contribution in [0.4, 0.5) is 13.2 Å². The van der Waals surface area contributed by atoms with Crippen molar-refractivity contribution in [2.24, 2.45) is 5.41 Å². The first-order chi connectivity index (χ1) is 19.0. The first kappa shape index (κ1) is 31.1. The van der Waals surface area contributed by atoms with Crippen molar-refractivity contribution in [1.29, 1.82) is 0 Å². The number of hydrogen-bond acceptors (Lipinski definition) is 6. The number of methoxy groups -OCH3 is 2. The minimum absolute atomic E-state index is 0.0794. The van der Waals surface area contributed by atoms with Crippen LogP contribution in [-0.4, -0.2) is 80.0 Å². The van der Waals surface area contributed by atoms with E-state index in [0.29, 0.717) is 29.1 Å². The number of amides is 1. The van der Waals surface area contributed by atoms with Crippen molar-refractivity contribution in [2.75, 3.05) is 47.0 Å². The number of aliphatic carboxylic acids is 1. The standard InChI is InChI=1S/C27H36N2O4.C2HF3O2/c1-4-33-23-8-6-5-7-22(23)20-28-15-11-27(12-16-28)13-17-29(18-14-27)26(30)21-9-10-24(31-2)25(19-21)32-3;3-2(4,5)1(6)7/h5-10,19H,4,11-18,20H2,1-3H3;(H,6,7). The topological polar surface area (TPSA) is 88.5 Å². The molecule has 0 unspecified atom stereocenters. The molecule has 1 amide bonds. The third-order valence-corrected chi connectivity index (χ3v) is 7.57. The SMILES string of the molecule is CCOc1ccccc1CN1CCC2(CC1)CCN(C(=O)c1ccc(OC)c(OC)c1)CC2.O=C(O)C(F)(F)F. The van der Waals surface area contributed by atoms with Crippen LogP contribution in [0.15, 0.2) is 42.5 Å². The number of rotatable bonds is 7. The smallest absolute Gasteiger partial charge is 0.490 e. The largest absolute Gasteiger partial charge is 0.494 e. The fraction of sp³-hybridized carbons (Fsp3) is 0.517. The molecule has 0 atom stereocenters. The van der Waals surface area contributed by atoms with Crippen LogP contribution >= 0.6 is 0 Å². The van der Waals surface area contributed by atoms with E-state index in [-0.39, 0.29) is 5.91 Å². The van der Waals surface area contributed by atoms with E-state index in [4.69, 9.17) is 24.1 Å².